The minimum Gasteiger partial charge on any atom is -0.504 e. The summed E-state index contributed by atoms with van der Waals surface area (Å²) in [6.07, 6.45) is -0.675. The van der Waals surface area contributed by atoms with Gasteiger partial charge in [-0.05, 0) is 54.0 Å². The minimum absolute atomic E-state index is 0.0572. The lowest BCUT2D eigenvalue weighted by Gasteiger charge is -2.32. The van der Waals surface area contributed by atoms with E-state index < -0.39 is 85.6 Å². The maximum atomic E-state index is 13.4. The zero-order chi connectivity index (χ0) is 34.4. The molecule has 12 nitrogen and oxygen atoms in total. The zero-order valence-electron chi connectivity index (χ0n) is 25.2. The average Bonchev–Trinajstić information content (AvgIpc) is 2.91. The topological polar surface area (TPSA) is 163 Å². The van der Waals surface area contributed by atoms with Crippen molar-refractivity contribution < 1.29 is 63.6 Å². The highest BCUT2D eigenvalue weighted by atomic mass is 32.2. The van der Waals surface area contributed by atoms with Crippen molar-refractivity contribution in [2.24, 2.45) is 0 Å². The number of ether oxygens (including phenoxy) is 4. The van der Waals surface area contributed by atoms with Crippen molar-refractivity contribution in [3.63, 3.8) is 0 Å². The summed E-state index contributed by atoms with van der Waals surface area (Å²) in [4.78, 5) is 28.3. The van der Waals surface area contributed by atoms with E-state index in [9.17, 15) is 44.7 Å². The van der Waals surface area contributed by atoms with E-state index in [2.05, 4.69) is 4.74 Å². The van der Waals surface area contributed by atoms with E-state index in [1.165, 1.54) is 48.6 Å². The van der Waals surface area contributed by atoms with Crippen LogP contribution in [0, 0.1) is 0 Å². The Morgan fingerprint density at radius 1 is 0.935 bits per heavy atom. The fourth-order valence-electron chi connectivity index (χ4n) is 4.30. The van der Waals surface area contributed by atoms with Crippen LogP contribution < -0.4 is 9.47 Å². The lowest BCUT2D eigenvalue weighted by atomic mass is 9.93. The molecule has 2 aromatic carbocycles. The number of halogens is 3. The molecule has 1 atom stereocenters. The maximum Gasteiger partial charge on any atom is 0.573 e. The summed E-state index contributed by atoms with van der Waals surface area (Å²) in [6.45, 7) is 0.373. The molecule has 0 aromatic heterocycles. The van der Waals surface area contributed by atoms with Crippen molar-refractivity contribution in [3.05, 3.63) is 70.4 Å². The average molecular weight is 692 g/mol. The molecule has 1 unspecified atom stereocenters. The summed E-state index contributed by atoms with van der Waals surface area (Å²) < 4.78 is 105. The number of esters is 2. The second-order valence-corrected chi connectivity index (χ2v) is 14.8. The quantitative estimate of drug-likeness (QED) is 0.324. The summed E-state index contributed by atoms with van der Waals surface area (Å²) >= 11 is 0. The van der Waals surface area contributed by atoms with E-state index >= 15 is 0 Å². The van der Waals surface area contributed by atoms with Crippen molar-refractivity contribution in [2.45, 2.75) is 25.9 Å². The smallest absolute Gasteiger partial charge is 0.504 e. The Morgan fingerprint density at radius 2 is 1.52 bits per heavy atom. The molecule has 0 aliphatic carbocycles. The Labute approximate surface area is 263 Å². The van der Waals surface area contributed by atoms with Gasteiger partial charge in [-0.3, -0.25) is 0 Å². The highest BCUT2D eigenvalue weighted by Gasteiger charge is 2.32. The first kappa shape index (κ1) is 36.2. The highest BCUT2D eigenvalue weighted by molar-refractivity contribution is 7.90. The van der Waals surface area contributed by atoms with Crippen LogP contribution in [-0.4, -0.2) is 89.5 Å². The van der Waals surface area contributed by atoms with Gasteiger partial charge in [0, 0.05) is 25.3 Å². The molecular weight excluding hydrogens is 659 g/mol. The molecule has 1 N–H and O–H groups in total. The number of sulfone groups is 2. The molecule has 0 spiro atoms. The van der Waals surface area contributed by atoms with Gasteiger partial charge in [0.15, 0.2) is 31.2 Å². The molecule has 0 saturated carbocycles. The number of hydrogen-bond donors (Lipinski definition) is 1. The number of nitrogens with zero attached hydrogens (tertiary/aromatic N) is 1. The minimum atomic E-state index is -4.95. The number of fused-ring (bicyclic) bond motifs is 1. The number of carbonyl (C=O) groups excluding carboxylic acids is 2. The number of phenolic OH excluding ortho intramolecular Hbond substituents is 1. The van der Waals surface area contributed by atoms with Gasteiger partial charge in [0.05, 0.1) is 35.8 Å². The van der Waals surface area contributed by atoms with Crippen LogP contribution in [0.2, 0.25) is 0 Å². The second-order valence-electron chi connectivity index (χ2n) is 10.3. The monoisotopic (exact) mass is 691 g/mol. The first-order valence-electron chi connectivity index (χ1n) is 13.4. The van der Waals surface area contributed by atoms with Crippen molar-refractivity contribution >= 4 is 37.7 Å². The van der Waals surface area contributed by atoms with Gasteiger partial charge < -0.3 is 29.0 Å². The summed E-state index contributed by atoms with van der Waals surface area (Å²) in [6, 6.07) is 7.08. The normalized spacial score (nSPS) is 15.5. The molecule has 1 aliphatic rings. The molecular formula is C29H32F3NO11S2. The summed E-state index contributed by atoms with van der Waals surface area (Å²) in [5.41, 5.74) is 0.0703. The molecule has 2 aromatic rings. The van der Waals surface area contributed by atoms with Crippen molar-refractivity contribution in [1.29, 1.82) is 0 Å². The van der Waals surface area contributed by atoms with Crippen LogP contribution in [0.1, 0.15) is 29.7 Å². The Hall–Kier alpha value is -4.25. The molecule has 0 fully saturated rings. The summed E-state index contributed by atoms with van der Waals surface area (Å²) in [5, 5.41) is 10.5. The van der Waals surface area contributed by atoms with E-state index in [1.807, 2.05) is 0 Å². The number of rotatable bonds is 12. The molecule has 252 valence electrons. The number of phenols is 1. The number of hydrogen-bond acceptors (Lipinski definition) is 12. The van der Waals surface area contributed by atoms with Crippen LogP contribution in [0.15, 0.2) is 53.7 Å². The van der Waals surface area contributed by atoms with Crippen LogP contribution in [0.5, 0.6) is 17.2 Å². The van der Waals surface area contributed by atoms with Gasteiger partial charge in [-0.25, -0.2) is 26.4 Å². The van der Waals surface area contributed by atoms with Gasteiger partial charge in [-0.2, -0.15) is 0 Å². The molecule has 3 rings (SSSR count). The Balaban J connectivity index is 2.20. The van der Waals surface area contributed by atoms with Gasteiger partial charge in [0.1, 0.15) is 19.0 Å². The first-order valence-corrected chi connectivity index (χ1v) is 17.5. The number of benzene rings is 2. The molecule has 1 aliphatic heterocycles. The van der Waals surface area contributed by atoms with E-state index in [0.717, 1.165) is 24.6 Å². The third-order valence-corrected chi connectivity index (χ3v) is 8.35. The molecule has 0 saturated heterocycles. The Kier molecular flexibility index (Phi) is 11.4. The SMILES string of the molecule is COc1cc2c(cc1O)C=C(C(=O)OCCS(C)(=O)=O)C(C(=O)OCCS(C)(=O)=O)=CN(Cc1cccc(OC(F)(F)F)c1)C2C. The fraction of sp³-hybridized carbons (Fsp3) is 0.379. The lowest BCUT2D eigenvalue weighted by Crippen LogP contribution is -2.28. The van der Waals surface area contributed by atoms with E-state index in [0.29, 0.717) is 11.1 Å². The predicted molar refractivity (Wildman–Crippen MR) is 159 cm³/mol. The number of aromatic hydroxyl groups is 1. The maximum absolute atomic E-state index is 13.4. The lowest BCUT2D eigenvalue weighted by molar-refractivity contribution is -0.274. The highest BCUT2D eigenvalue weighted by Crippen LogP contribution is 2.39. The second kappa shape index (κ2) is 14.5. The van der Waals surface area contributed by atoms with E-state index in [4.69, 9.17) is 14.2 Å². The molecule has 46 heavy (non-hydrogen) atoms. The van der Waals surface area contributed by atoms with Crippen LogP contribution >= 0.6 is 0 Å². The van der Waals surface area contributed by atoms with Crippen LogP contribution in [0.25, 0.3) is 6.08 Å². The number of carbonyl (C=O) groups is 2. The number of alkyl halides is 3. The first-order chi connectivity index (χ1) is 21.3. The zero-order valence-corrected chi connectivity index (χ0v) is 26.8. The van der Waals surface area contributed by atoms with Gasteiger partial charge in [0.25, 0.3) is 0 Å². The van der Waals surface area contributed by atoms with Gasteiger partial charge in [-0.1, -0.05) is 12.1 Å². The van der Waals surface area contributed by atoms with Crippen LogP contribution in [-0.2, 0) is 45.3 Å². The molecule has 0 bridgehead atoms. The summed E-state index contributed by atoms with van der Waals surface area (Å²) in [7, 11) is -5.78. The van der Waals surface area contributed by atoms with Crippen LogP contribution in [0.4, 0.5) is 13.2 Å². The molecule has 0 amide bonds. The van der Waals surface area contributed by atoms with Crippen molar-refractivity contribution in [3.8, 4) is 17.2 Å². The fourth-order valence-corrected chi connectivity index (χ4v) is 5.07. The molecule has 0 radical (unpaired) electrons. The Morgan fingerprint density at radius 3 is 2.07 bits per heavy atom. The largest absolute Gasteiger partial charge is 0.573 e. The van der Waals surface area contributed by atoms with E-state index in [-0.39, 0.29) is 23.6 Å². The third-order valence-electron chi connectivity index (χ3n) is 6.53. The summed E-state index contributed by atoms with van der Waals surface area (Å²) in [5.74, 6) is -4.14. The third kappa shape index (κ3) is 10.7. The van der Waals surface area contributed by atoms with Crippen molar-refractivity contribution in [2.75, 3.05) is 44.3 Å². The Bertz CT molecular complexity index is 1750. The van der Waals surface area contributed by atoms with Gasteiger partial charge >= 0.3 is 18.3 Å². The molecule has 1 heterocycles. The van der Waals surface area contributed by atoms with Crippen molar-refractivity contribution in [1.82, 2.24) is 4.90 Å². The standard InChI is InChI=1S/C29H32F3NO11S2/c1-18-22-15-26(41-2)25(34)14-20(22)13-23(27(35)42-8-10-45(3,37)38)24(28(36)43-9-11-46(4,39)40)17-33(18)16-19-6-5-7-21(12-19)44-29(30,31)32/h5-7,12-15,17-18,34H,8-11,16H2,1-4H3. The van der Waals surface area contributed by atoms with E-state index in [1.54, 1.807) is 6.92 Å². The molecule has 17 heteroatoms. The van der Waals surface area contributed by atoms with Gasteiger partial charge in [0.2, 0.25) is 0 Å². The van der Waals surface area contributed by atoms with Crippen LogP contribution in [0.3, 0.4) is 0 Å². The number of methoxy groups -OCH3 is 1. The predicted octanol–water partition coefficient (Wildman–Crippen LogP) is 3.32. The van der Waals surface area contributed by atoms with Gasteiger partial charge in [-0.15, -0.1) is 13.2 Å².